The summed E-state index contributed by atoms with van der Waals surface area (Å²) in [4.78, 5) is 29.5. The van der Waals surface area contributed by atoms with Crippen LogP contribution in [0.5, 0.6) is 0 Å². The number of hydrogen-bond donors (Lipinski definition) is 2. The Morgan fingerprint density at radius 3 is 2.80 bits per heavy atom. The molecule has 154 valence electrons. The Morgan fingerprint density at radius 2 is 2.03 bits per heavy atom. The van der Waals surface area contributed by atoms with Crippen LogP contribution in [0.25, 0.3) is 11.1 Å². The van der Waals surface area contributed by atoms with Crippen LogP contribution in [-0.4, -0.2) is 29.8 Å². The molecule has 7 nitrogen and oxygen atoms in total. The summed E-state index contributed by atoms with van der Waals surface area (Å²) in [5, 5.41) is 6.08. The van der Waals surface area contributed by atoms with Crippen molar-refractivity contribution >= 4 is 34.9 Å². The van der Waals surface area contributed by atoms with Gasteiger partial charge in [-0.15, -0.1) is 0 Å². The zero-order valence-corrected chi connectivity index (χ0v) is 17.6. The van der Waals surface area contributed by atoms with E-state index in [0.717, 1.165) is 22.2 Å². The first-order valence-electron chi connectivity index (χ1n) is 9.40. The summed E-state index contributed by atoms with van der Waals surface area (Å²) in [5.74, 6) is -0.201. The zero-order chi connectivity index (χ0) is 21.3. The lowest BCUT2D eigenvalue weighted by Crippen LogP contribution is -2.46. The van der Waals surface area contributed by atoms with E-state index in [1.807, 2.05) is 56.3 Å². The number of carbonyl (C=O) groups excluding carboxylic acids is 2. The number of rotatable bonds is 5. The number of nitrogens with one attached hydrogen (secondary N) is 2. The van der Waals surface area contributed by atoms with E-state index in [9.17, 15) is 9.59 Å². The molecule has 2 amide bonds. The molecule has 1 aromatic heterocycles. The number of benzene rings is 2. The Bertz CT molecular complexity index is 1140. The fourth-order valence-corrected chi connectivity index (χ4v) is 4.24. The number of thioether (sulfide) groups is 1. The van der Waals surface area contributed by atoms with E-state index in [1.54, 1.807) is 0 Å². The SMILES string of the molecule is COC(=O)C1=C(CSc2nc3ccccc3o2)NC(=O)N[C@@H]1c1cc(C)ccc1C. The quantitative estimate of drug-likeness (QED) is 0.476. The first-order valence-corrected chi connectivity index (χ1v) is 10.4. The molecule has 2 aromatic carbocycles. The second-order valence-electron chi connectivity index (χ2n) is 7.01. The maximum absolute atomic E-state index is 12.7. The largest absolute Gasteiger partial charge is 0.466 e. The number of methoxy groups -OCH3 is 1. The van der Waals surface area contributed by atoms with E-state index >= 15 is 0 Å². The minimum atomic E-state index is -0.606. The monoisotopic (exact) mass is 423 g/mol. The molecule has 0 unspecified atom stereocenters. The molecule has 4 rings (SSSR count). The summed E-state index contributed by atoms with van der Waals surface area (Å²) < 4.78 is 10.8. The van der Waals surface area contributed by atoms with Crippen LogP contribution < -0.4 is 10.6 Å². The van der Waals surface area contributed by atoms with E-state index < -0.39 is 12.0 Å². The molecular weight excluding hydrogens is 402 g/mol. The number of para-hydroxylation sites is 2. The fourth-order valence-electron chi connectivity index (χ4n) is 3.43. The van der Waals surface area contributed by atoms with Crippen molar-refractivity contribution in [3.63, 3.8) is 0 Å². The molecule has 0 aliphatic carbocycles. The smallest absolute Gasteiger partial charge is 0.338 e. The number of hydrogen-bond acceptors (Lipinski definition) is 6. The number of oxazole rings is 1. The molecular formula is C22H21N3O4S. The summed E-state index contributed by atoms with van der Waals surface area (Å²) in [6.07, 6.45) is 0. The predicted octanol–water partition coefficient (Wildman–Crippen LogP) is 4.02. The lowest BCUT2D eigenvalue weighted by Gasteiger charge is -2.30. The first kappa shape index (κ1) is 20.0. The van der Waals surface area contributed by atoms with E-state index in [1.165, 1.54) is 18.9 Å². The maximum atomic E-state index is 12.7. The molecule has 30 heavy (non-hydrogen) atoms. The number of aromatic nitrogens is 1. The second kappa shape index (κ2) is 8.23. The molecule has 8 heteroatoms. The average molecular weight is 423 g/mol. The van der Waals surface area contributed by atoms with Gasteiger partial charge in [-0.3, -0.25) is 0 Å². The van der Waals surface area contributed by atoms with Crippen LogP contribution in [0.1, 0.15) is 22.7 Å². The first-order chi connectivity index (χ1) is 14.5. The van der Waals surface area contributed by atoms with Gasteiger partial charge in [0.25, 0.3) is 5.22 Å². The Labute approximate surface area is 177 Å². The van der Waals surface area contributed by atoms with E-state index in [0.29, 0.717) is 27.8 Å². The molecule has 1 aliphatic heterocycles. The molecule has 0 saturated carbocycles. The van der Waals surface area contributed by atoms with Crippen LogP contribution in [0, 0.1) is 13.8 Å². The van der Waals surface area contributed by atoms with Crippen LogP contribution in [0.4, 0.5) is 4.79 Å². The number of amides is 2. The number of ether oxygens (including phenoxy) is 1. The fraction of sp³-hybridized carbons (Fsp3) is 0.227. The Kier molecular flexibility index (Phi) is 5.50. The molecule has 2 N–H and O–H groups in total. The van der Waals surface area contributed by atoms with Crippen LogP contribution in [0.15, 0.2) is 63.4 Å². The van der Waals surface area contributed by atoms with Gasteiger partial charge in [-0.1, -0.05) is 47.7 Å². The second-order valence-corrected chi connectivity index (χ2v) is 7.94. The highest BCUT2D eigenvalue weighted by Gasteiger charge is 2.34. The highest BCUT2D eigenvalue weighted by molar-refractivity contribution is 7.99. The normalized spacial score (nSPS) is 16.4. The van der Waals surface area contributed by atoms with Gasteiger partial charge in [0.2, 0.25) is 0 Å². The molecule has 1 atom stereocenters. The van der Waals surface area contributed by atoms with Crippen LogP contribution >= 0.6 is 11.8 Å². The minimum absolute atomic E-state index is 0.298. The Morgan fingerprint density at radius 1 is 1.23 bits per heavy atom. The van der Waals surface area contributed by atoms with Crippen molar-refractivity contribution in [2.75, 3.05) is 12.9 Å². The third-order valence-electron chi connectivity index (χ3n) is 4.92. The lowest BCUT2D eigenvalue weighted by molar-refractivity contribution is -0.136. The maximum Gasteiger partial charge on any atom is 0.338 e. The zero-order valence-electron chi connectivity index (χ0n) is 16.8. The van der Waals surface area contributed by atoms with Crippen molar-refractivity contribution in [2.24, 2.45) is 0 Å². The summed E-state index contributed by atoms with van der Waals surface area (Å²) in [5.41, 5.74) is 5.15. The van der Waals surface area contributed by atoms with Gasteiger partial charge >= 0.3 is 12.0 Å². The summed E-state index contributed by atoms with van der Waals surface area (Å²) in [7, 11) is 1.33. The average Bonchev–Trinajstić information content (AvgIpc) is 3.16. The number of urea groups is 1. The van der Waals surface area contributed by atoms with Crippen LogP contribution in [0.3, 0.4) is 0 Å². The van der Waals surface area contributed by atoms with Gasteiger partial charge in [0.15, 0.2) is 5.58 Å². The van der Waals surface area contributed by atoms with Gasteiger partial charge < -0.3 is 19.8 Å². The highest BCUT2D eigenvalue weighted by Crippen LogP contribution is 2.33. The predicted molar refractivity (Wildman–Crippen MR) is 114 cm³/mol. The number of carbonyl (C=O) groups is 2. The van der Waals surface area contributed by atoms with Crippen molar-refractivity contribution < 1.29 is 18.7 Å². The van der Waals surface area contributed by atoms with Crippen LogP contribution in [0.2, 0.25) is 0 Å². The molecule has 1 aliphatic rings. The van der Waals surface area contributed by atoms with Crippen molar-refractivity contribution in [1.82, 2.24) is 15.6 Å². The van der Waals surface area contributed by atoms with Crippen molar-refractivity contribution in [3.8, 4) is 0 Å². The third kappa shape index (κ3) is 3.91. The minimum Gasteiger partial charge on any atom is -0.466 e. The van der Waals surface area contributed by atoms with E-state index in [-0.39, 0.29) is 6.03 Å². The van der Waals surface area contributed by atoms with E-state index in [2.05, 4.69) is 15.6 Å². The van der Waals surface area contributed by atoms with Gasteiger partial charge in [-0.05, 0) is 37.1 Å². The lowest BCUT2D eigenvalue weighted by atomic mass is 9.91. The number of fused-ring (bicyclic) bond motifs is 1. The topological polar surface area (TPSA) is 93.5 Å². The molecule has 0 fully saturated rings. The summed E-state index contributed by atoms with van der Waals surface area (Å²) in [6.45, 7) is 3.92. The molecule has 2 heterocycles. The van der Waals surface area contributed by atoms with Gasteiger partial charge in [-0.25, -0.2) is 14.6 Å². The number of aryl methyl sites for hydroxylation is 2. The molecule has 0 saturated heterocycles. The number of nitrogens with zero attached hydrogens (tertiary/aromatic N) is 1. The van der Waals surface area contributed by atoms with Gasteiger partial charge in [-0.2, -0.15) is 0 Å². The van der Waals surface area contributed by atoms with Gasteiger partial charge in [0, 0.05) is 11.4 Å². The van der Waals surface area contributed by atoms with Crippen molar-refractivity contribution in [2.45, 2.75) is 25.1 Å². The van der Waals surface area contributed by atoms with Crippen molar-refractivity contribution in [3.05, 3.63) is 70.4 Å². The molecule has 0 spiro atoms. The Hall–Kier alpha value is -3.26. The van der Waals surface area contributed by atoms with E-state index in [4.69, 9.17) is 9.15 Å². The standard InChI is InChI=1S/C22H21N3O4S/c1-12-8-9-13(2)14(10-12)19-18(20(26)28-3)16(23-21(27)25-19)11-30-22-24-15-6-4-5-7-17(15)29-22/h4-10,19H,11H2,1-3H3,(H2,23,25,27)/t19-/m1/s1. The molecule has 3 aromatic rings. The summed E-state index contributed by atoms with van der Waals surface area (Å²) in [6, 6.07) is 12.4. The summed E-state index contributed by atoms with van der Waals surface area (Å²) >= 11 is 1.31. The highest BCUT2D eigenvalue weighted by atomic mass is 32.2. The molecule has 0 bridgehead atoms. The third-order valence-corrected chi connectivity index (χ3v) is 5.77. The van der Waals surface area contributed by atoms with Crippen LogP contribution in [-0.2, 0) is 9.53 Å². The van der Waals surface area contributed by atoms with Crippen molar-refractivity contribution in [1.29, 1.82) is 0 Å². The Balaban J connectivity index is 1.71. The van der Waals surface area contributed by atoms with Gasteiger partial charge in [0.1, 0.15) is 5.52 Å². The molecule has 0 radical (unpaired) electrons. The number of esters is 1. The van der Waals surface area contributed by atoms with Gasteiger partial charge in [0.05, 0.1) is 18.7 Å².